The van der Waals surface area contributed by atoms with Crippen LogP contribution >= 0.6 is 23.1 Å². The highest BCUT2D eigenvalue weighted by molar-refractivity contribution is 8.00. The van der Waals surface area contributed by atoms with Crippen molar-refractivity contribution in [2.45, 2.75) is 17.0 Å². The summed E-state index contributed by atoms with van der Waals surface area (Å²) in [5.74, 6) is 2.88. The van der Waals surface area contributed by atoms with Gasteiger partial charge >= 0.3 is 0 Å². The quantitative estimate of drug-likeness (QED) is 0.264. The minimum Gasteiger partial charge on any atom is -0.493 e. The van der Waals surface area contributed by atoms with Crippen LogP contribution in [0.2, 0.25) is 0 Å². The normalized spacial score (nSPS) is 11.1. The Bertz CT molecular complexity index is 1430. The molecule has 5 aromatic rings. The van der Waals surface area contributed by atoms with Crippen molar-refractivity contribution in [3.8, 4) is 34.2 Å². The Morgan fingerprint density at radius 2 is 1.82 bits per heavy atom. The number of aryl methyl sites for hydroxylation is 1. The first kappa shape index (κ1) is 21.4. The molecule has 0 aliphatic carbocycles. The molecule has 166 valence electrons. The molecule has 7 nitrogen and oxygen atoms in total. The van der Waals surface area contributed by atoms with Gasteiger partial charge in [0.05, 0.1) is 36.7 Å². The molecule has 2 aromatic carbocycles. The molecule has 0 aliphatic rings. The van der Waals surface area contributed by atoms with E-state index < -0.39 is 0 Å². The average molecular weight is 477 g/mol. The summed E-state index contributed by atoms with van der Waals surface area (Å²) in [6.07, 6.45) is 0. The van der Waals surface area contributed by atoms with E-state index in [2.05, 4.69) is 15.2 Å². The van der Waals surface area contributed by atoms with Crippen molar-refractivity contribution in [3.05, 3.63) is 65.5 Å². The van der Waals surface area contributed by atoms with Crippen molar-refractivity contribution in [2.24, 2.45) is 0 Å². The molecule has 33 heavy (non-hydrogen) atoms. The van der Waals surface area contributed by atoms with Crippen LogP contribution in [0.4, 0.5) is 0 Å². The maximum Gasteiger partial charge on any atom is 0.248 e. The summed E-state index contributed by atoms with van der Waals surface area (Å²) in [5, 5.41) is 11.6. The fourth-order valence-corrected chi connectivity index (χ4v) is 5.12. The van der Waals surface area contributed by atoms with Crippen molar-refractivity contribution >= 4 is 34.0 Å². The lowest BCUT2D eigenvalue weighted by Crippen LogP contribution is -1.93. The maximum atomic E-state index is 6.04. The third kappa shape index (κ3) is 4.42. The second kappa shape index (κ2) is 9.21. The van der Waals surface area contributed by atoms with Crippen LogP contribution in [0.5, 0.6) is 11.5 Å². The molecule has 0 spiro atoms. The van der Waals surface area contributed by atoms with Gasteiger partial charge in [-0.2, -0.15) is 0 Å². The molecule has 0 amide bonds. The van der Waals surface area contributed by atoms with Crippen LogP contribution in [0.3, 0.4) is 0 Å². The number of nitrogens with zero attached hydrogens (tertiary/aromatic N) is 4. The molecule has 9 heteroatoms. The summed E-state index contributed by atoms with van der Waals surface area (Å²) in [4.78, 5) is 9.32. The molecule has 0 atom stereocenters. The van der Waals surface area contributed by atoms with Gasteiger partial charge in [-0.3, -0.25) is 0 Å². The number of rotatable bonds is 7. The molecule has 0 bridgehead atoms. The standard InChI is InChI=1S/C24H20N4O3S2/c1-14-12-32-24(25-14)33-13-22-27-28-23(31-22)17-11-19(26-18-7-5-4-6-16(17)18)15-8-9-20(29-2)21(10-15)30-3/h4-12H,13H2,1-3H3. The van der Waals surface area contributed by atoms with E-state index in [0.717, 1.165) is 37.8 Å². The second-order valence-electron chi connectivity index (χ2n) is 7.19. The monoisotopic (exact) mass is 476 g/mol. The number of para-hydroxylation sites is 1. The van der Waals surface area contributed by atoms with Crippen LogP contribution in [0.1, 0.15) is 11.6 Å². The van der Waals surface area contributed by atoms with E-state index >= 15 is 0 Å². The van der Waals surface area contributed by atoms with E-state index in [0.29, 0.717) is 29.0 Å². The Morgan fingerprint density at radius 1 is 0.970 bits per heavy atom. The lowest BCUT2D eigenvalue weighted by molar-refractivity contribution is 0.355. The highest BCUT2D eigenvalue weighted by Gasteiger charge is 2.16. The van der Waals surface area contributed by atoms with Gasteiger partial charge in [0.25, 0.3) is 0 Å². The van der Waals surface area contributed by atoms with Gasteiger partial charge in [0.2, 0.25) is 11.8 Å². The number of thiazole rings is 1. The lowest BCUT2D eigenvalue weighted by atomic mass is 10.0. The zero-order chi connectivity index (χ0) is 22.8. The minimum absolute atomic E-state index is 0.459. The zero-order valence-corrected chi connectivity index (χ0v) is 19.9. The summed E-state index contributed by atoms with van der Waals surface area (Å²) in [6.45, 7) is 1.98. The van der Waals surface area contributed by atoms with Gasteiger partial charge in [0, 0.05) is 22.0 Å². The molecule has 5 rings (SSSR count). The van der Waals surface area contributed by atoms with Crippen molar-refractivity contribution < 1.29 is 13.9 Å². The Kier molecular flexibility index (Phi) is 5.97. The number of methoxy groups -OCH3 is 2. The first-order valence-electron chi connectivity index (χ1n) is 10.1. The number of pyridine rings is 1. The first-order valence-corrected chi connectivity index (χ1v) is 12.0. The maximum absolute atomic E-state index is 6.04. The largest absolute Gasteiger partial charge is 0.493 e. The van der Waals surface area contributed by atoms with Crippen LogP contribution in [0.15, 0.2) is 62.7 Å². The highest BCUT2D eigenvalue weighted by atomic mass is 32.2. The number of hydrogen-bond acceptors (Lipinski definition) is 9. The first-order chi connectivity index (χ1) is 16.1. The molecule has 0 saturated heterocycles. The van der Waals surface area contributed by atoms with Crippen LogP contribution in [0, 0.1) is 6.92 Å². The number of hydrogen-bond donors (Lipinski definition) is 0. The third-order valence-corrected chi connectivity index (χ3v) is 7.13. The number of ether oxygens (including phenoxy) is 2. The van der Waals surface area contributed by atoms with Gasteiger partial charge in [-0.05, 0) is 37.3 Å². The van der Waals surface area contributed by atoms with Crippen LogP contribution in [0.25, 0.3) is 33.6 Å². The summed E-state index contributed by atoms with van der Waals surface area (Å²) in [5.41, 5.74) is 4.36. The van der Waals surface area contributed by atoms with Gasteiger partial charge in [-0.25, -0.2) is 9.97 Å². The van der Waals surface area contributed by atoms with Gasteiger partial charge < -0.3 is 13.9 Å². The average Bonchev–Trinajstić information content (AvgIpc) is 3.50. The molecule has 0 saturated carbocycles. The van der Waals surface area contributed by atoms with Gasteiger partial charge in [-0.15, -0.1) is 21.5 Å². The van der Waals surface area contributed by atoms with E-state index in [9.17, 15) is 0 Å². The number of thioether (sulfide) groups is 1. The van der Waals surface area contributed by atoms with E-state index in [4.69, 9.17) is 18.9 Å². The molecular formula is C24H20N4O3S2. The van der Waals surface area contributed by atoms with Crippen molar-refractivity contribution in [3.63, 3.8) is 0 Å². The topological polar surface area (TPSA) is 83.2 Å². The Balaban J connectivity index is 1.52. The van der Waals surface area contributed by atoms with Crippen molar-refractivity contribution in [1.29, 1.82) is 0 Å². The van der Waals surface area contributed by atoms with Gasteiger partial charge in [0.15, 0.2) is 15.8 Å². The van der Waals surface area contributed by atoms with E-state index in [1.807, 2.05) is 60.8 Å². The lowest BCUT2D eigenvalue weighted by Gasteiger charge is -2.11. The van der Waals surface area contributed by atoms with Crippen molar-refractivity contribution in [2.75, 3.05) is 14.2 Å². The van der Waals surface area contributed by atoms with E-state index in [1.165, 1.54) is 0 Å². The van der Waals surface area contributed by atoms with Crippen LogP contribution < -0.4 is 9.47 Å². The molecule has 3 heterocycles. The fourth-order valence-electron chi connectivity index (χ4n) is 3.44. The SMILES string of the molecule is COc1ccc(-c2cc(-c3nnc(CSc4nc(C)cs4)o3)c3ccccc3n2)cc1OC. The molecular weight excluding hydrogens is 456 g/mol. The predicted molar refractivity (Wildman–Crippen MR) is 130 cm³/mol. The minimum atomic E-state index is 0.459. The summed E-state index contributed by atoms with van der Waals surface area (Å²) < 4.78 is 17.9. The molecule has 0 unspecified atom stereocenters. The van der Waals surface area contributed by atoms with Crippen molar-refractivity contribution in [1.82, 2.24) is 20.2 Å². The smallest absolute Gasteiger partial charge is 0.248 e. The number of benzene rings is 2. The number of fused-ring (bicyclic) bond motifs is 1. The Labute approximate surface area is 198 Å². The fraction of sp³-hybridized carbons (Fsp3) is 0.167. The highest BCUT2D eigenvalue weighted by Crippen LogP contribution is 2.36. The number of aromatic nitrogens is 4. The third-order valence-electron chi connectivity index (χ3n) is 5.01. The van der Waals surface area contributed by atoms with E-state index in [1.54, 1.807) is 37.3 Å². The molecule has 3 aromatic heterocycles. The second-order valence-corrected chi connectivity index (χ2v) is 9.27. The zero-order valence-electron chi connectivity index (χ0n) is 18.2. The summed E-state index contributed by atoms with van der Waals surface area (Å²) >= 11 is 3.20. The molecule has 0 N–H and O–H groups in total. The molecule has 0 aliphatic heterocycles. The van der Waals surface area contributed by atoms with Gasteiger partial charge in [0.1, 0.15) is 0 Å². The van der Waals surface area contributed by atoms with Gasteiger partial charge in [-0.1, -0.05) is 30.0 Å². The summed E-state index contributed by atoms with van der Waals surface area (Å²) in [6, 6.07) is 15.6. The van der Waals surface area contributed by atoms with E-state index in [-0.39, 0.29) is 0 Å². The summed E-state index contributed by atoms with van der Waals surface area (Å²) in [7, 11) is 3.23. The Morgan fingerprint density at radius 3 is 2.61 bits per heavy atom. The molecule has 0 radical (unpaired) electrons. The van der Waals surface area contributed by atoms with Crippen LogP contribution in [-0.2, 0) is 5.75 Å². The predicted octanol–water partition coefficient (Wildman–Crippen LogP) is 6.03. The van der Waals surface area contributed by atoms with Crippen LogP contribution in [-0.4, -0.2) is 34.4 Å². The Hall–Kier alpha value is -3.43. The molecule has 0 fully saturated rings.